The summed E-state index contributed by atoms with van der Waals surface area (Å²) in [5.41, 5.74) is -0.0699. The largest absolute Gasteiger partial charge is 0.493 e. The van der Waals surface area contributed by atoms with Crippen LogP contribution < -0.4 is 14.2 Å². The highest BCUT2D eigenvalue weighted by molar-refractivity contribution is 5.99. The fourth-order valence-corrected chi connectivity index (χ4v) is 3.53. The number of aromatic nitrogens is 1. The maximum absolute atomic E-state index is 13.0. The summed E-state index contributed by atoms with van der Waals surface area (Å²) in [6.45, 7) is 6.82. The summed E-state index contributed by atoms with van der Waals surface area (Å²) in [5.74, 6) is -1.46. The van der Waals surface area contributed by atoms with Gasteiger partial charge in [-0.15, -0.1) is 0 Å². The number of ether oxygens (including phenoxy) is 4. The van der Waals surface area contributed by atoms with E-state index >= 15 is 0 Å². The summed E-state index contributed by atoms with van der Waals surface area (Å²) < 4.78 is 22.2. The highest BCUT2D eigenvalue weighted by Crippen LogP contribution is 2.31. The van der Waals surface area contributed by atoms with E-state index in [1.165, 1.54) is 26.3 Å². The molecule has 0 spiro atoms. The van der Waals surface area contributed by atoms with Crippen molar-refractivity contribution in [2.75, 3.05) is 7.11 Å². The second-order valence-electron chi connectivity index (χ2n) is 8.42. The third-order valence-electron chi connectivity index (χ3n) is 5.44. The number of benzene rings is 1. The molecule has 190 valence electrons. The van der Waals surface area contributed by atoms with Gasteiger partial charge in [-0.3, -0.25) is 14.4 Å². The van der Waals surface area contributed by atoms with Crippen LogP contribution in [0, 0.1) is 5.92 Å². The number of pyridine rings is 1. The summed E-state index contributed by atoms with van der Waals surface area (Å²) >= 11 is 0. The Hall–Kier alpha value is -3.42. The minimum Gasteiger partial charge on any atom is -0.493 e. The van der Waals surface area contributed by atoms with Crippen LogP contribution in [0.2, 0.25) is 0 Å². The molecule has 0 radical (unpaired) electrons. The van der Waals surface area contributed by atoms with Crippen LogP contribution in [0.3, 0.4) is 0 Å². The Kier molecular flexibility index (Phi) is 11.2. The molecule has 0 unspecified atom stereocenters. The summed E-state index contributed by atoms with van der Waals surface area (Å²) in [5, 5.41) is 0. The van der Waals surface area contributed by atoms with E-state index in [1.807, 2.05) is 37.3 Å². The Morgan fingerprint density at radius 1 is 1.03 bits per heavy atom. The van der Waals surface area contributed by atoms with Crippen molar-refractivity contribution < 1.29 is 33.3 Å². The first-order valence-electron chi connectivity index (χ1n) is 11.9. The lowest BCUT2D eigenvalue weighted by atomic mass is 10.0. The Morgan fingerprint density at radius 2 is 1.74 bits per heavy atom. The van der Waals surface area contributed by atoms with E-state index in [-0.39, 0.29) is 29.7 Å². The minimum absolute atomic E-state index is 0.0598. The van der Waals surface area contributed by atoms with E-state index in [2.05, 4.69) is 11.9 Å². The van der Waals surface area contributed by atoms with Gasteiger partial charge in [-0.05, 0) is 31.9 Å². The molecule has 0 N–H and O–H groups in total. The zero-order valence-electron chi connectivity index (χ0n) is 21.1. The molecule has 0 fully saturated rings. The summed E-state index contributed by atoms with van der Waals surface area (Å²) in [6.07, 6.45) is 4.00. The molecular formula is C27H35NO7. The number of carbonyl (C=O) groups is 3. The monoisotopic (exact) mass is 485 g/mol. The lowest BCUT2D eigenvalue weighted by Crippen LogP contribution is -2.35. The maximum Gasteiger partial charge on any atom is 0.309 e. The summed E-state index contributed by atoms with van der Waals surface area (Å²) in [6, 6.07) is 10.9. The molecule has 1 aromatic heterocycles. The van der Waals surface area contributed by atoms with Gasteiger partial charge in [0, 0.05) is 25.6 Å². The number of ketones is 1. The molecule has 35 heavy (non-hydrogen) atoms. The second kappa shape index (κ2) is 14.1. The highest BCUT2D eigenvalue weighted by Gasteiger charge is 2.29. The van der Waals surface area contributed by atoms with Crippen LogP contribution in [0.4, 0.5) is 0 Å². The number of carbonyl (C=O) groups excluding carboxylic acids is 3. The zero-order chi connectivity index (χ0) is 25.8. The van der Waals surface area contributed by atoms with Crippen molar-refractivity contribution >= 4 is 17.7 Å². The van der Waals surface area contributed by atoms with Gasteiger partial charge < -0.3 is 18.9 Å². The SMILES string of the molecule is CCCCC[C@H](OC(=O)[C@H](C)CC(=O)c1nccc(OC)c1OC(C)=O)[C@@H](C)Oc1ccccc1. The van der Waals surface area contributed by atoms with Gasteiger partial charge in [0.25, 0.3) is 0 Å². The van der Waals surface area contributed by atoms with Gasteiger partial charge in [0.05, 0.1) is 13.0 Å². The van der Waals surface area contributed by atoms with E-state index in [0.29, 0.717) is 12.2 Å². The highest BCUT2D eigenvalue weighted by atomic mass is 16.6. The van der Waals surface area contributed by atoms with Gasteiger partial charge >= 0.3 is 11.9 Å². The molecule has 8 heteroatoms. The standard InChI is InChI=1S/C27H35NO7/c1-6-7-9-14-23(19(3)33-21-12-10-8-11-13-21)35-27(31)18(2)17-22(30)25-26(34-20(4)29)24(32-5)15-16-28-25/h8,10-13,15-16,18-19,23H,6-7,9,14,17H2,1-5H3/t18-,19-,23+/m1/s1. The number of unbranched alkanes of at least 4 members (excludes halogenated alkanes) is 2. The summed E-state index contributed by atoms with van der Waals surface area (Å²) in [7, 11) is 1.40. The van der Waals surface area contributed by atoms with Crippen molar-refractivity contribution in [1.82, 2.24) is 4.98 Å². The molecule has 3 atom stereocenters. The molecule has 0 bridgehead atoms. The fraction of sp³-hybridized carbons (Fsp3) is 0.481. The topological polar surface area (TPSA) is 101 Å². The number of esters is 2. The van der Waals surface area contributed by atoms with E-state index in [4.69, 9.17) is 18.9 Å². The molecule has 2 rings (SSSR count). The predicted octanol–water partition coefficient (Wildman–Crippen LogP) is 5.18. The van der Waals surface area contributed by atoms with Gasteiger partial charge in [0.2, 0.25) is 5.75 Å². The predicted molar refractivity (Wildman–Crippen MR) is 131 cm³/mol. The van der Waals surface area contributed by atoms with Gasteiger partial charge in [0.15, 0.2) is 17.2 Å². The van der Waals surface area contributed by atoms with E-state index < -0.39 is 29.7 Å². The van der Waals surface area contributed by atoms with Crippen molar-refractivity contribution in [2.45, 2.75) is 72.0 Å². The molecule has 0 aliphatic heterocycles. The molecule has 0 saturated carbocycles. The van der Waals surface area contributed by atoms with E-state index in [9.17, 15) is 14.4 Å². The van der Waals surface area contributed by atoms with Gasteiger partial charge in [0.1, 0.15) is 18.0 Å². The lowest BCUT2D eigenvalue weighted by molar-refractivity contribution is -0.158. The Labute approximate surface area is 206 Å². The molecular weight excluding hydrogens is 450 g/mol. The Morgan fingerprint density at radius 3 is 2.37 bits per heavy atom. The third-order valence-corrected chi connectivity index (χ3v) is 5.44. The first-order chi connectivity index (χ1) is 16.8. The molecule has 8 nitrogen and oxygen atoms in total. The molecule has 2 aromatic rings. The molecule has 1 heterocycles. The average molecular weight is 486 g/mol. The number of nitrogens with zero attached hydrogens (tertiary/aromatic N) is 1. The molecule has 0 amide bonds. The first-order valence-corrected chi connectivity index (χ1v) is 11.9. The second-order valence-corrected chi connectivity index (χ2v) is 8.42. The van der Waals surface area contributed by atoms with Crippen LogP contribution in [-0.2, 0) is 14.3 Å². The van der Waals surface area contributed by atoms with Crippen molar-refractivity contribution in [3.05, 3.63) is 48.3 Å². The van der Waals surface area contributed by atoms with Crippen molar-refractivity contribution in [2.24, 2.45) is 5.92 Å². The zero-order valence-corrected chi connectivity index (χ0v) is 21.1. The number of methoxy groups -OCH3 is 1. The number of hydrogen-bond acceptors (Lipinski definition) is 8. The van der Waals surface area contributed by atoms with Gasteiger partial charge in [-0.25, -0.2) is 4.98 Å². The Bertz CT molecular complexity index is 977. The molecule has 0 aliphatic carbocycles. The van der Waals surface area contributed by atoms with Crippen LogP contribution in [0.15, 0.2) is 42.6 Å². The van der Waals surface area contributed by atoms with Gasteiger partial charge in [-0.1, -0.05) is 44.9 Å². The van der Waals surface area contributed by atoms with Crippen LogP contribution in [-0.4, -0.2) is 42.0 Å². The van der Waals surface area contributed by atoms with Crippen molar-refractivity contribution in [3.63, 3.8) is 0 Å². The number of Topliss-reactive ketones (excluding diaryl/α,β-unsaturated/α-hetero) is 1. The average Bonchev–Trinajstić information content (AvgIpc) is 2.83. The van der Waals surface area contributed by atoms with Crippen LogP contribution in [0.5, 0.6) is 17.2 Å². The minimum atomic E-state index is -0.738. The van der Waals surface area contributed by atoms with Crippen molar-refractivity contribution in [1.29, 1.82) is 0 Å². The van der Waals surface area contributed by atoms with E-state index in [1.54, 1.807) is 6.92 Å². The molecule has 0 saturated heterocycles. The lowest BCUT2D eigenvalue weighted by Gasteiger charge is -2.26. The molecule has 0 aliphatic rings. The smallest absolute Gasteiger partial charge is 0.309 e. The van der Waals surface area contributed by atoms with Crippen molar-refractivity contribution in [3.8, 4) is 17.2 Å². The molecule has 1 aromatic carbocycles. The summed E-state index contributed by atoms with van der Waals surface area (Å²) in [4.78, 5) is 41.5. The normalized spacial score (nSPS) is 13.3. The number of hydrogen-bond donors (Lipinski definition) is 0. The Balaban J connectivity index is 2.10. The first kappa shape index (κ1) is 27.8. The van der Waals surface area contributed by atoms with Crippen LogP contribution >= 0.6 is 0 Å². The maximum atomic E-state index is 13.0. The van der Waals surface area contributed by atoms with Gasteiger partial charge in [-0.2, -0.15) is 0 Å². The van der Waals surface area contributed by atoms with E-state index in [0.717, 1.165) is 19.3 Å². The number of para-hydroxylation sites is 1. The van der Waals surface area contributed by atoms with Crippen LogP contribution in [0.1, 0.15) is 70.3 Å². The fourth-order valence-electron chi connectivity index (χ4n) is 3.53. The quantitative estimate of drug-likeness (QED) is 0.205. The number of rotatable bonds is 14. The van der Waals surface area contributed by atoms with Crippen LogP contribution in [0.25, 0.3) is 0 Å². The third kappa shape index (κ3) is 8.70.